The summed E-state index contributed by atoms with van der Waals surface area (Å²) in [5, 5.41) is 0. The van der Waals surface area contributed by atoms with Gasteiger partial charge in [0.05, 0.1) is 11.1 Å². The van der Waals surface area contributed by atoms with Crippen LogP contribution in [0.3, 0.4) is 0 Å². The maximum absolute atomic E-state index is 12.5. The Kier molecular flexibility index (Phi) is 10.7. The zero-order chi connectivity index (χ0) is 21.6. The fourth-order valence-electron chi connectivity index (χ4n) is 3.39. The summed E-state index contributed by atoms with van der Waals surface area (Å²) in [7, 11) is 0. The maximum atomic E-state index is 12.5. The average Bonchev–Trinajstić information content (AvgIpc) is 2.79. The summed E-state index contributed by atoms with van der Waals surface area (Å²) in [6.07, 6.45) is 7.10. The Balaban J connectivity index is 1.85. The lowest BCUT2D eigenvalue weighted by Crippen LogP contribution is -2.21. The van der Waals surface area contributed by atoms with Crippen molar-refractivity contribution in [2.75, 3.05) is 0 Å². The highest BCUT2D eigenvalue weighted by atomic mass is 16.5. The number of hydrogen-bond acceptors (Lipinski definition) is 4. The molecule has 2 aromatic carbocycles. The van der Waals surface area contributed by atoms with Crippen molar-refractivity contribution in [2.24, 2.45) is 0 Å². The Morgan fingerprint density at radius 3 is 1.63 bits per heavy atom. The van der Waals surface area contributed by atoms with Crippen molar-refractivity contribution in [3.8, 4) is 0 Å². The summed E-state index contributed by atoms with van der Waals surface area (Å²) < 4.78 is 11.5. The Morgan fingerprint density at radius 1 is 0.667 bits per heavy atom. The smallest absolute Gasteiger partial charge is 0.338 e. The molecule has 0 spiro atoms. The second kappa shape index (κ2) is 13.6. The molecule has 0 bridgehead atoms. The van der Waals surface area contributed by atoms with Gasteiger partial charge in [-0.25, -0.2) is 9.59 Å². The third kappa shape index (κ3) is 8.40. The monoisotopic (exact) mass is 410 g/mol. The van der Waals surface area contributed by atoms with E-state index in [4.69, 9.17) is 9.47 Å². The SMILES string of the molecule is CCCCCC(CCCC(CC)OC(=O)c1ccccc1)OC(=O)c1ccccc1. The molecule has 0 N–H and O–H groups in total. The number of rotatable bonds is 13. The number of hydrogen-bond donors (Lipinski definition) is 0. The van der Waals surface area contributed by atoms with E-state index in [-0.39, 0.29) is 24.1 Å². The van der Waals surface area contributed by atoms with E-state index in [0.717, 1.165) is 51.4 Å². The van der Waals surface area contributed by atoms with E-state index in [9.17, 15) is 9.59 Å². The molecular formula is C26H34O4. The van der Waals surface area contributed by atoms with Crippen LogP contribution in [-0.4, -0.2) is 24.1 Å². The highest BCUT2D eigenvalue weighted by Crippen LogP contribution is 2.19. The number of esters is 2. The number of carbonyl (C=O) groups is 2. The average molecular weight is 411 g/mol. The van der Waals surface area contributed by atoms with Crippen LogP contribution in [0, 0.1) is 0 Å². The highest BCUT2D eigenvalue weighted by Gasteiger charge is 2.18. The van der Waals surface area contributed by atoms with Crippen molar-refractivity contribution >= 4 is 11.9 Å². The zero-order valence-corrected chi connectivity index (χ0v) is 18.2. The summed E-state index contributed by atoms with van der Waals surface area (Å²) in [6.45, 7) is 4.19. The van der Waals surface area contributed by atoms with Crippen molar-refractivity contribution < 1.29 is 19.1 Å². The van der Waals surface area contributed by atoms with Crippen molar-refractivity contribution in [1.82, 2.24) is 0 Å². The van der Waals surface area contributed by atoms with Gasteiger partial charge in [-0.05, 0) is 62.8 Å². The Morgan fingerprint density at radius 2 is 1.13 bits per heavy atom. The van der Waals surface area contributed by atoms with E-state index in [1.54, 1.807) is 24.3 Å². The Hall–Kier alpha value is -2.62. The fourth-order valence-corrected chi connectivity index (χ4v) is 3.39. The number of carbonyl (C=O) groups excluding carboxylic acids is 2. The van der Waals surface area contributed by atoms with Crippen LogP contribution < -0.4 is 0 Å². The van der Waals surface area contributed by atoms with Crippen LogP contribution in [0.4, 0.5) is 0 Å². The molecule has 2 aromatic rings. The maximum Gasteiger partial charge on any atom is 0.338 e. The first-order chi connectivity index (χ1) is 14.6. The molecule has 0 aromatic heterocycles. The normalized spacial score (nSPS) is 12.7. The minimum Gasteiger partial charge on any atom is -0.459 e. The van der Waals surface area contributed by atoms with Crippen LogP contribution in [0.2, 0.25) is 0 Å². The summed E-state index contributed by atoms with van der Waals surface area (Å²) in [5.41, 5.74) is 1.16. The second-order valence-corrected chi connectivity index (χ2v) is 7.62. The van der Waals surface area contributed by atoms with Crippen molar-refractivity contribution in [2.45, 2.75) is 77.4 Å². The first-order valence-electron chi connectivity index (χ1n) is 11.2. The topological polar surface area (TPSA) is 52.6 Å². The molecule has 0 amide bonds. The first-order valence-corrected chi connectivity index (χ1v) is 11.2. The van der Waals surface area contributed by atoms with E-state index in [1.807, 2.05) is 43.3 Å². The molecule has 4 heteroatoms. The molecule has 0 aliphatic rings. The van der Waals surface area contributed by atoms with E-state index in [0.29, 0.717) is 11.1 Å². The molecule has 0 saturated heterocycles. The lowest BCUT2D eigenvalue weighted by atomic mass is 10.0. The predicted molar refractivity (Wildman–Crippen MR) is 120 cm³/mol. The molecule has 0 aliphatic carbocycles. The van der Waals surface area contributed by atoms with E-state index >= 15 is 0 Å². The van der Waals surface area contributed by atoms with Crippen LogP contribution >= 0.6 is 0 Å². The molecule has 0 saturated carbocycles. The van der Waals surface area contributed by atoms with E-state index in [2.05, 4.69) is 6.92 Å². The molecule has 30 heavy (non-hydrogen) atoms. The van der Waals surface area contributed by atoms with Crippen LogP contribution in [0.5, 0.6) is 0 Å². The summed E-state index contributed by atoms with van der Waals surface area (Å²) in [4.78, 5) is 24.7. The summed E-state index contributed by atoms with van der Waals surface area (Å²) in [6, 6.07) is 18.2. The quantitative estimate of drug-likeness (QED) is 0.276. The summed E-state index contributed by atoms with van der Waals surface area (Å²) >= 11 is 0. The molecule has 2 atom stereocenters. The minimum atomic E-state index is -0.280. The summed E-state index contributed by atoms with van der Waals surface area (Å²) in [5.74, 6) is -0.544. The number of benzene rings is 2. The zero-order valence-electron chi connectivity index (χ0n) is 18.2. The third-order valence-corrected chi connectivity index (χ3v) is 5.20. The molecule has 0 fully saturated rings. The Bertz CT molecular complexity index is 742. The van der Waals surface area contributed by atoms with Gasteiger partial charge in [-0.2, -0.15) is 0 Å². The van der Waals surface area contributed by atoms with Gasteiger partial charge in [0.1, 0.15) is 12.2 Å². The first kappa shape index (κ1) is 23.7. The fraction of sp³-hybridized carbons (Fsp3) is 0.462. The molecule has 2 unspecified atom stereocenters. The third-order valence-electron chi connectivity index (χ3n) is 5.20. The standard InChI is InChI=1S/C26H34O4/c1-3-5-8-18-24(30-26(28)22-16-11-7-12-17-22)20-13-19-23(4-2)29-25(27)21-14-9-6-10-15-21/h6-7,9-12,14-17,23-24H,3-5,8,13,18-20H2,1-2H3. The van der Waals surface area contributed by atoms with Crippen LogP contribution in [-0.2, 0) is 9.47 Å². The van der Waals surface area contributed by atoms with Crippen LogP contribution in [0.25, 0.3) is 0 Å². The molecule has 162 valence electrons. The predicted octanol–water partition coefficient (Wildman–Crippen LogP) is 6.60. The van der Waals surface area contributed by atoms with Gasteiger partial charge in [0, 0.05) is 0 Å². The van der Waals surface area contributed by atoms with Gasteiger partial charge in [-0.3, -0.25) is 0 Å². The number of ether oxygens (including phenoxy) is 2. The van der Waals surface area contributed by atoms with E-state index < -0.39 is 0 Å². The van der Waals surface area contributed by atoms with Gasteiger partial charge in [0.25, 0.3) is 0 Å². The number of unbranched alkanes of at least 4 members (excludes halogenated alkanes) is 2. The van der Waals surface area contributed by atoms with Crippen LogP contribution in [0.1, 0.15) is 85.9 Å². The van der Waals surface area contributed by atoms with Gasteiger partial charge < -0.3 is 9.47 Å². The largest absolute Gasteiger partial charge is 0.459 e. The van der Waals surface area contributed by atoms with Gasteiger partial charge in [0.2, 0.25) is 0 Å². The second-order valence-electron chi connectivity index (χ2n) is 7.62. The lowest BCUT2D eigenvalue weighted by Gasteiger charge is -2.20. The van der Waals surface area contributed by atoms with Gasteiger partial charge in [-0.1, -0.05) is 63.1 Å². The molecular weight excluding hydrogens is 376 g/mol. The van der Waals surface area contributed by atoms with Gasteiger partial charge in [-0.15, -0.1) is 0 Å². The molecule has 2 rings (SSSR count). The molecule has 0 heterocycles. The van der Waals surface area contributed by atoms with Crippen molar-refractivity contribution in [3.05, 3.63) is 71.8 Å². The van der Waals surface area contributed by atoms with Crippen LogP contribution in [0.15, 0.2) is 60.7 Å². The van der Waals surface area contributed by atoms with Crippen molar-refractivity contribution in [3.63, 3.8) is 0 Å². The molecule has 0 aliphatic heterocycles. The molecule has 4 nitrogen and oxygen atoms in total. The van der Waals surface area contributed by atoms with Gasteiger partial charge in [0.15, 0.2) is 0 Å². The Labute approximate surface area is 180 Å². The highest BCUT2D eigenvalue weighted by molar-refractivity contribution is 5.89. The van der Waals surface area contributed by atoms with E-state index in [1.165, 1.54) is 0 Å². The van der Waals surface area contributed by atoms with Crippen molar-refractivity contribution in [1.29, 1.82) is 0 Å². The minimum absolute atomic E-state index is 0.105. The molecule has 0 radical (unpaired) electrons. The van der Waals surface area contributed by atoms with Gasteiger partial charge >= 0.3 is 11.9 Å². The lowest BCUT2D eigenvalue weighted by molar-refractivity contribution is 0.0195.